The normalized spacial score (nSPS) is 17.5. The maximum Gasteiger partial charge on any atom is 0.0745 e. The SMILES string of the molecule is OC(Cc1ccc(C(=C(CCCl)c2ccccc2)c2ccccc2)cc1)C1CN1. The molecule has 2 unspecified atom stereocenters. The number of aliphatic hydroxyl groups is 1. The third-order valence-corrected chi connectivity index (χ3v) is 5.61. The summed E-state index contributed by atoms with van der Waals surface area (Å²) in [7, 11) is 0. The van der Waals surface area contributed by atoms with Gasteiger partial charge >= 0.3 is 0 Å². The minimum atomic E-state index is -0.318. The highest BCUT2D eigenvalue weighted by Crippen LogP contribution is 2.34. The van der Waals surface area contributed by atoms with Crippen LogP contribution in [0.15, 0.2) is 84.9 Å². The van der Waals surface area contributed by atoms with Gasteiger partial charge in [-0.15, -0.1) is 11.6 Å². The van der Waals surface area contributed by atoms with Gasteiger partial charge in [-0.1, -0.05) is 84.9 Å². The van der Waals surface area contributed by atoms with Gasteiger partial charge < -0.3 is 10.4 Å². The number of benzene rings is 3. The van der Waals surface area contributed by atoms with Gasteiger partial charge in [0.15, 0.2) is 0 Å². The van der Waals surface area contributed by atoms with Crippen molar-refractivity contribution in [1.82, 2.24) is 5.32 Å². The lowest BCUT2D eigenvalue weighted by Gasteiger charge is -2.17. The van der Waals surface area contributed by atoms with Crippen LogP contribution in [0.3, 0.4) is 0 Å². The summed E-state index contributed by atoms with van der Waals surface area (Å²) >= 11 is 6.22. The fourth-order valence-electron chi connectivity index (χ4n) is 3.80. The van der Waals surface area contributed by atoms with Gasteiger partial charge in [0.25, 0.3) is 0 Å². The van der Waals surface area contributed by atoms with E-state index in [-0.39, 0.29) is 12.1 Å². The maximum absolute atomic E-state index is 10.2. The van der Waals surface area contributed by atoms with Crippen molar-refractivity contribution in [2.45, 2.75) is 25.0 Å². The highest BCUT2D eigenvalue weighted by atomic mass is 35.5. The van der Waals surface area contributed by atoms with E-state index >= 15 is 0 Å². The first kappa shape index (κ1) is 19.9. The number of hydrogen-bond donors (Lipinski definition) is 2. The van der Waals surface area contributed by atoms with E-state index in [4.69, 9.17) is 11.6 Å². The molecule has 0 bridgehead atoms. The maximum atomic E-state index is 10.2. The van der Waals surface area contributed by atoms with E-state index in [1.807, 2.05) is 12.1 Å². The molecule has 1 aliphatic heterocycles. The molecule has 1 heterocycles. The summed E-state index contributed by atoms with van der Waals surface area (Å²) < 4.78 is 0. The summed E-state index contributed by atoms with van der Waals surface area (Å²) in [5.74, 6) is 0.569. The van der Waals surface area contributed by atoms with Crippen LogP contribution >= 0.6 is 11.6 Å². The summed E-state index contributed by atoms with van der Waals surface area (Å²) in [5, 5.41) is 13.4. The molecular weight excluding hydrogens is 378 g/mol. The molecule has 0 spiro atoms. The van der Waals surface area contributed by atoms with Gasteiger partial charge in [-0.25, -0.2) is 0 Å². The van der Waals surface area contributed by atoms with Crippen LogP contribution in [0.4, 0.5) is 0 Å². The molecule has 2 N–H and O–H groups in total. The molecule has 0 saturated carbocycles. The molecular formula is C26H26ClNO. The minimum absolute atomic E-state index is 0.253. The van der Waals surface area contributed by atoms with Crippen LogP contribution in [0.2, 0.25) is 0 Å². The third kappa shape index (κ3) is 4.97. The number of nitrogens with one attached hydrogen (secondary N) is 1. The highest BCUT2D eigenvalue weighted by molar-refractivity contribution is 6.18. The van der Waals surface area contributed by atoms with E-state index in [2.05, 4.69) is 78.1 Å². The molecule has 0 radical (unpaired) electrons. The molecule has 29 heavy (non-hydrogen) atoms. The number of alkyl halides is 1. The molecule has 3 aromatic carbocycles. The van der Waals surface area contributed by atoms with Gasteiger partial charge in [-0.3, -0.25) is 0 Å². The Bertz CT molecular complexity index is 947. The molecule has 0 amide bonds. The Balaban J connectivity index is 1.76. The highest BCUT2D eigenvalue weighted by Gasteiger charge is 2.28. The molecule has 4 rings (SSSR count). The largest absolute Gasteiger partial charge is 0.391 e. The zero-order valence-corrected chi connectivity index (χ0v) is 17.1. The van der Waals surface area contributed by atoms with Gasteiger partial charge in [-0.05, 0) is 46.2 Å². The zero-order valence-electron chi connectivity index (χ0n) is 16.4. The van der Waals surface area contributed by atoms with Crippen molar-refractivity contribution in [3.63, 3.8) is 0 Å². The number of halogens is 1. The second kappa shape index (κ2) is 9.41. The number of hydrogen-bond acceptors (Lipinski definition) is 2. The third-order valence-electron chi connectivity index (χ3n) is 5.42. The molecule has 3 aromatic rings. The Morgan fingerprint density at radius 1 is 0.862 bits per heavy atom. The van der Waals surface area contributed by atoms with Gasteiger partial charge in [0, 0.05) is 18.5 Å². The Labute approximate surface area is 177 Å². The lowest BCUT2D eigenvalue weighted by atomic mass is 9.87. The number of aliphatic hydroxyl groups excluding tert-OH is 1. The topological polar surface area (TPSA) is 42.2 Å². The smallest absolute Gasteiger partial charge is 0.0745 e. The van der Waals surface area contributed by atoms with Crippen LogP contribution in [0.25, 0.3) is 11.1 Å². The van der Waals surface area contributed by atoms with E-state index in [0.717, 1.165) is 18.5 Å². The summed E-state index contributed by atoms with van der Waals surface area (Å²) in [4.78, 5) is 0. The Kier molecular flexibility index (Phi) is 6.46. The monoisotopic (exact) mass is 403 g/mol. The first-order valence-corrected chi connectivity index (χ1v) is 10.7. The van der Waals surface area contributed by atoms with Crippen molar-refractivity contribution >= 4 is 22.7 Å². The van der Waals surface area contributed by atoms with Crippen LogP contribution in [0, 0.1) is 0 Å². The summed E-state index contributed by atoms with van der Waals surface area (Å²) in [5.41, 5.74) is 7.18. The van der Waals surface area contributed by atoms with Gasteiger partial charge in [-0.2, -0.15) is 0 Å². The van der Waals surface area contributed by atoms with E-state index in [1.165, 1.54) is 27.8 Å². The molecule has 1 aliphatic rings. The second-order valence-corrected chi connectivity index (χ2v) is 7.89. The lowest BCUT2D eigenvalue weighted by Crippen LogP contribution is -2.19. The summed E-state index contributed by atoms with van der Waals surface area (Å²) in [6, 6.07) is 29.8. The average Bonchev–Trinajstić information content (AvgIpc) is 3.62. The van der Waals surface area contributed by atoms with Crippen LogP contribution in [0.1, 0.15) is 28.7 Å². The Hall–Kier alpha value is -2.39. The predicted molar refractivity (Wildman–Crippen MR) is 122 cm³/mol. The first-order chi connectivity index (χ1) is 14.3. The van der Waals surface area contributed by atoms with Gasteiger partial charge in [0.1, 0.15) is 0 Å². The first-order valence-electron chi connectivity index (χ1n) is 10.2. The quantitative estimate of drug-likeness (QED) is 0.310. The lowest BCUT2D eigenvalue weighted by molar-refractivity contribution is 0.173. The zero-order chi connectivity index (χ0) is 20.1. The minimum Gasteiger partial charge on any atom is -0.391 e. The fraction of sp³-hybridized carbons (Fsp3) is 0.231. The molecule has 3 heteroatoms. The molecule has 1 fully saturated rings. The van der Waals surface area contributed by atoms with Crippen molar-refractivity contribution in [1.29, 1.82) is 0 Å². The van der Waals surface area contributed by atoms with Crippen molar-refractivity contribution in [3.8, 4) is 0 Å². The van der Waals surface area contributed by atoms with Gasteiger partial charge in [0.2, 0.25) is 0 Å². The number of rotatable bonds is 8. The molecule has 1 saturated heterocycles. The van der Waals surface area contributed by atoms with Crippen LogP contribution in [-0.2, 0) is 6.42 Å². The Morgan fingerprint density at radius 3 is 1.97 bits per heavy atom. The van der Waals surface area contributed by atoms with Crippen LogP contribution < -0.4 is 5.32 Å². The van der Waals surface area contributed by atoms with Crippen molar-refractivity contribution < 1.29 is 5.11 Å². The van der Waals surface area contributed by atoms with Crippen molar-refractivity contribution in [2.24, 2.45) is 0 Å². The molecule has 148 valence electrons. The van der Waals surface area contributed by atoms with Crippen molar-refractivity contribution in [3.05, 3.63) is 107 Å². The van der Waals surface area contributed by atoms with Crippen LogP contribution in [0.5, 0.6) is 0 Å². The second-order valence-electron chi connectivity index (χ2n) is 7.51. The van der Waals surface area contributed by atoms with E-state index in [1.54, 1.807) is 0 Å². The van der Waals surface area contributed by atoms with Crippen LogP contribution in [-0.4, -0.2) is 29.7 Å². The van der Waals surface area contributed by atoms with Crippen molar-refractivity contribution in [2.75, 3.05) is 12.4 Å². The van der Waals surface area contributed by atoms with E-state index in [9.17, 15) is 5.11 Å². The van der Waals surface area contributed by atoms with E-state index < -0.39 is 0 Å². The summed E-state index contributed by atoms with van der Waals surface area (Å²) in [6.07, 6.45) is 1.15. The molecule has 2 atom stereocenters. The molecule has 0 aromatic heterocycles. The molecule has 0 aliphatic carbocycles. The Morgan fingerprint density at radius 2 is 1.41 bits per heavy atom. The summed E-state index contributed by atoms with van der Waals surface area (Å²) in [6.45, 7) is 0.916. The fourth-order valence-corrected chi connectivity index (χ4v) is 3.99. The average molecular weight is 404 g/mol. The standard InChI is InChI=1S/C26H26ClNO/c27-16-15-23(20-7-3-1-4-8-20)26(21-9-5-2-6-10-21)22-13-11-19(12-14-22)17-25(29)24-18-28-24/h1-14,24-25,28-29H,15-18H2. The van der Waals surface area contributed by atoms with E-state index in [0.29, 0.717) is 12.3 Å². The molecule has 2 nitrogen and oxygen atoms in total. The predicted octanol–water partition coefficient (Wildman–Crippen LogP) is 5.15. The number of allylic oxidation sites excluding steroid dienone is 1. The van der Waals surface area contributed by atoms with Gasteiger partial charge in [0.05, 0.1) is 6.10 Å².